The summed E-state index contributed by atoms with van der Waals surface area (Å²) in [7, 11) is 1.57. The Balaban J connectivity index is 2.01. The number of anilines is 1. The summed E-state index contributed by atoms with van der Waals surface area (Å²) in [6.07, 6.45) is 6.76. The third-order valence-corrected chi connectivity index (χ3v) is 4.39. The molecule has 0 aromatic heterocycles. The molecule has 0 bridgehead atoms. The Morgan fingerprint density at radius 2 is 1.88 bits per heavy atom. The van der Waals surface area contributed by atoms with Crippen molar-refractivity contribution in [2.45, 2.75) is 32.6 Å². The summed E-state index contributed by atoms with van der Waals surface area (Å²) in [5.41, 5.74) is 1.21. The number of rotatable bonds is 10. The van der Waals surface area contributed by atoms with Crippen molar-refractivity contribution in [1.82, 2.24) is 0 Å². The fourth-order valence-corrected chi connectivity index (χ4v) is 2.74. The monoisotopic (exact) mass is 436 g/mol. The molecule has 0 fully saturated rings. The molecule has 7 nitrogen and oxygen atoms in total. The second-order valence-electron chi connectivity index (χ2n) is 6.74. The van der Waals surface area contributed by atoms with E-state index in [0.29, 0.717) is 30.2 Å². The highest BCUT2D eigenvalue weighted by atomic mass is 16.7. The van der Waals surface area contributed by atoms with Crippen molar-refractivity contribution in [2.24, 2.45) is 5.90 Å². The van der Waals surface area contributed by atoms with Crippen LogP contribution >= 0.6 is 0 Å². The second kappa shape index (κ2) is 13.5. The number of para-hydroxylation sites is 1. The summed E-state index contributed by atoms with van der Waals surface area (Å²) in [6, 6.07) is 11.8. The lowest BCUT2D eigenvalue weighted by molar-refractivity contribution is -0.111. The van der Waals surface area contributed by atoms with Gasteiger partial charge in [0.05, 0.1) is 25.0 Å². The maximum Gasteiger partial charge on any atom is 0.358 e. The maximum absolute atomic E-state index is 12.3. The van der Waals surface area contributed by atoms with E-state index in [1.165, 1.54) is 12.1 Å². The van der Waals surface area contributed by atoms with Crippen LogP contribution in [0.5, 0.6) is 11.5 Å². The van der Waals surface area contributed by atoms with Gasteiger partial charge in [-0.05, 0) is 42.3 Å². The minimum Gasteiger partial charge on any atom is -0.493 e. The van der Waals surface area contributed by atoms with Gasteiger partial charge in [0.1, 0.15) is 0 Å². The molecule has 0 aliphatic carbocycles. The van der Waals surface area contributed by atoms with Gasteiger partial charge < -0.3 is 19.6 Å². The van der Waals surface area contributed by atoms with E-state index in [0.717, 1.165) is 24.8 Å². The Morgan fingerprint density at radius 1 is 1.09 bits per heavy atom. The molecule has 2 aromatic carbocycles. The number of nitrogens with one attached hydrogen (secondary N) is 1. The fraction of sp³-hybridized carbons (Fsp3) is 0.280. The zero-order valence-electron chi connectivity index (χ0n) is 18.4. The zero-order valence-corrected chi connectivity index (χ0v) is 18.4. The SMILES string of the molecule is CCCCC#CCCOc1cc(/C=C/C(=O)Nc2ccccc2C(=O)ON)ccc1OC. The lowest BCUT2D eigenvalue weighted by atomic mass is 10.1. The zero-order chi connectivity index (χ0) is 23.2. The van der Waals surface area contributed by atoms with E-state index >= 15 is 0 Å². The molecule has 168 valence electrons. The molecule has 0 saturated heterocycles. The highest BCUT2D eigenvalue weighted by molar-refractivity contribution is 6.06. The van der Waals surface area contributed by atoms with Gasteiger partial charge in [-0.25, -0.2) is 4.79 Å². The van der Waals surface area contributed by atoms with Gasteiger partial charge in [0, 0.05) is 18.9 Å². The first-order valence-electron chi connectivity index (χ1n) is 10.3. The molecule has 1 amide bonds. The number of hydrogen-bond donors (Lipinski definition) is 2. The Morgan fingerprint density at radius 3 is 2.62 bits per heavy atom. The van der Waals surface area contributed by atoms with Crippen LogP contribution in [-0.2, 0) is 9.63 Å². The molecule has 0 atom stereocenters. The number of unbranched alkanes of at least 4 members (excludes halogenated alkanes) is 2. The summed E-state index contributed by atoms with van der Waals surface area (Å²) in [4.78, 5) is 28.3. The van der Waals surface area contributed by atoms with E-state index in [-0.39, 0.29) is 5.56 Å². The Bertz CT molecular complexity index is 1000. The standard InChI is InChI=1S/C25H28N2O5/c1-3-4-5-6-7-10-17-31-23-18-19(13-15-22(23)30-2)14-16-24(28)27-21-12-9-8-11-20(21)25(29)32-26/h8-9,11-16,18H,3-5,10,17,26H2,1-2H3,(H,27,28)/b16-14+. The fourth-order valence-electron chi connectivity index (χ4n) is 2.74. The van der Waals surface area contributed by atoms with E-state index in [1.54, 1.807) is 49.6 Å². The molecule has 0 aliphatic heterocycles. The number of methoxy groups -OCH3 is 1. The van der Waals surface area contributed by atoms with Gasteiger partial charge in [0.15, 0.2) is 11.5 Å². The Hall–Kier alpha value is -3.76. The molecule has 0 heterocycles. The quantitative estimate of drug-likeness (QED) is 0.249. The topological polar surface area (TPSA) is 99.9 Å². The predicted molar refractivity (Wildman–Crippen MR) is 124 cm³/mol. The Labute approximate surface area is 188 Å². The van der Waals surface area contributed by atoms with Crippen molar-refractivity contribution in [1.29, 1.82) is 0 Å². The smallest absolute Gasteiger partial charge is 0.358 e. The van der Waals surface area contributed by atoms with Gasteiger partial charge in [-0.1, -0.05) is 37.5 Å². The van der Waals surface area contributed by atoms with Crippen LogP contribution in [0.15, 0.2) is 48.5 Å². The lowest BCUT2D eigenvalue weighted by Crippen LogP contribution is -2.15. The molecule has 0 unspecified atom stereocenters. The van der Waals surface area contributed by atoms with Crippen LogP contribution in [0.2, 0.25) is 0 Å². The molecule has 0 spiro atoms. The summed E-state index contributed by atoms with van der Waals surface area (Å²) >= 11 is 0. The molecule has 0 saturated carbocycles. The minimum absolute atomic E-state index is 0.162. The van der Waals surface area contributed by atoms with Crippen molar-refractivity contribution in [3.05, 3.63) is 59.7 Å². The summed E-state index contributed by atoms with van der Waals surface area (Å²) in [5.74, 6) is 11.2. The number of ether oxygens (including phenoxy) is 2. The summed E-state index contributed by atoms with van der Waals surface area (Å²) in [6.45, 7) is 2.58. The van der Waals surface area contributed by atoms with Crippen LogP contribution in [0.4, 0.5) is 5.69 Å². The van der Waals surface area contributed by atoms with E-state index in [4.69, 9.17) is 15.4 Å². The van der Waals surface area contributed by atoms with Crippen LogP contribution in [-0.4, -0.2) is 25.6 Å². The maximum atomic E-state index is 12.3. The van der Waals surface area contributed by atoms with Gasteiger partial charge in [0.2, 0.25) is 5.91 Å². The molecular formula is C25H28N2O5. The normalized spacial score (nSPS) is 10.2. The summed E-state index contributed by atoms with van der Waals surface area (Å²) < 4.78 is 11.1. The molecule has 2 aromatic rings. The van der Waals surface area contributed by atoms with Gasteiger partial charge in [-0.3, -0.25) is 4.79 Å². The van der Waals surface area contributed by atoms with Gasteiger partial charge in [0.25, 0.3) is 0 Å². The summed E-state index contributed by atoms with van der Waals surface area (Å²) in [5, 5.41) is 2.64. The molecule has 0 aliphatic rings. The van der Waals surface area contributed by atoms with Crippen molar-refractivity contribution < 1.29 is 23.9 Å². The highest BCUT2D eigenvalue weighted by Crippen LogP contribution is 2.28. The van der Waals surface area contributed by atoms with Crippen molar-refractivity contribution in [3.8, 4) is 23.3 Å². The van der Waals surface area contributed by atoms with Crippen LogP contribution < -0.4 is 20.7 Å². The van der Waals surface area contributed by atoms with Crippen molar-refractivity contribution >= 4 is 23.6 Å². The minimum atomic E-state index is -0.739. The van der Waals surface area contributed by atoms with E-state index in [1.807, 2.05) is 0 Å². The number of amides is 1. The van der Waals surface area contributed by atoms with Crippen LogP contribution in [0, 0.1) is 11.8 Å². The third kappa shape index (κ3) is 7.82. The lowest BCUT2D eigenvalue weighted by Gasteiger charge is -2.10. The number of benzene rings is 2. The molecule has 7 heteroatoms. The molecule has 3 N–H and O–H groups in total. The first-order valence-corrected chi connectivity index (χ1v) is 10.3. The highest BCUT2D eigenvalue weighted by Gasteiger charge is 2.12. The molecule has 32 heavy (non-hydrogen) atoms. The van der Waals surface area contributed by atoms with Crippen LogP contribution in [0.25, 0.3) is 6.08 Å². The van der Waals surface area contributed by atoms with Crippen molar-refractivity contribution in [3.63, 3.8) is 0 Å². The number of hydrogen-bond acceptors (Lipinski definition) is 6. The van der Waals surface area contributed by atoms with Gasteiger partial charge in [-0.15, -0.1) is 5.92 Å². The van der Waals surface area contributed by atoms with E-state index in [9.17, 15) is 9.59 Å². The average Bonchev–Trinajstić information content (AvgIpc) is 2.82. The van der Waals surface area contributed by atoms with Gasteiger partial charge in [-0.2, -0.15) is 5.90 Å². The van der Waals surface area contributed by atoms with Gasteiger partial charge >= 0.3 is 5.97 Å². The number of carbonyl (C=O) groups is 2. The Kier molecular flexibility index (Phi) is 10.4. The second-order valence-corrected chi connectivity index (χ2v) is 6.74. The number of carbonyl (C=O) groups excluding carboxylic acids is 2. The number of nitrogens with two attached hydrogens (primary N) is 1. The molecule has 0 radical (unpaired) electrons. The van der Waals surface area contributed by atoms with Crippen LogP contribution in [0.1, 0.15) is 48.5 Å². The van der Waals surface area contributed by atoms with Crippen molar-refractivity contribution in [2.75, 3.05) is 19.0 Å². The van der Waals surface area contributed by atoms with E-state index in [2.05, 4.69) is 28.9 Å². The van der Waals surface area contributed by atoms with Crippen LogP contribution in [0.3, 0.4) is 0 Å². The first kappa shape index (κ1) is 24.5. The largest absolute Gasteiger partial charge is 0.493 e. The third-order valence-electron chi connectivity index (χ3n) is 4.39. The first-order chi connectivity index (χ1) is 15.6. The predicted octanol–water partition coefficient (Wildman–Crippen LogP) is 4.34. The average molecular weight is 437 g/mol. The van der Waals surface area contributed by atoms with E-state index < -0.39 is 11.9 Å². The molecule has 2 rings (SSSR count). The molecular weight excluding hydrogens is 408 g/mol.